The number of amides is 2. The van der Waals surface area contributed by atoms with E-state index in [9.17, 15) is 14.0 Å². The van der Waals surface area contributed by atoms with Crippen LogP contribution < -0.4 is 10.6 Å². The molecule has 0 aliphatic carbocycles. The zero-order valence-corrected chi connectivity index (χ0v) is 16.1. The summed E-state index contributed by atoms with van der Waals surface area (Å²) >= 11 is 7.10. The molecule has 0 saturated carbocycles. The molecule has 0 aromatic heterocycles. The van der Waals surface area contributed by atoms with E-state index in [1.807, 2.05) is 19.1 Å². The summed E-state index contributed by atoms with van der Waals surface area (Å²) in [5.74, 6) is -0.755. The minimum absolute atomic E-state index is 0.0152. The molecular formula is C19H20ClFN2O2S. The number of hydrogen-bond donors (Lipinski definition) is 2. The summed E-state index contributed by atoms with van der Waals surface area (Å²) in [6, 6.07) is 11.4. The maximum Gasteiger partial charge on any atom is 0.237 e. The molecule has 0 fully saturated rings. The van der Waals surface area contributed by atoms with Crippen molar-refractivity contribution in [1.82, 2.24) is 0 Å². The molecule has 0 bridgehead atoms. The summed E-state index contributed by atoms with van der Waals surface area (Å²) < 4.78 is 13.2. The third-order valence-corrected chi connectivity index (χ3v) is 4.89. The summed E-state index contributed by atoms with van der Waals surface area (Å²) in [6.07, 6.45) is 1.28. The lowest BCUT2D eigenvalue weighted by molar-refractivity contribution is -0.116. The normalized spacial score (nSPS) is 11.7. The van der Waals surface area contributed by atoms with E-state index in [1.165, 1.54) is 30.0 Å². The number of anilines is 2. The van der Waals surface area contributed by atoms with Crippen LogP contribution >= 0.6 is 23.4 Å². The highest BCUT2D eigenvalue weighted by molar-refractivity contribution is 8.00. The summed E-state index contributed by atoms with van der Waals surface area (Å²) in [6.45, 7) is 3.73. The lowest BCUT2D eigenvalue weighted by Gasteiger charge is -2.13. The van der Waals surface area contributed by atoms with Crippen molar-refractivity contribution < 1.29 is 14.0 Å². The number of hydrogen-bond acceptors (Lipinski definition) is 3. The van der Waals surface area contributed by atoms with E-state index in [4.69, 9.17) is 11.6 Å². The number of carbonyl (C=O) groups excluding carboxylic acids is 2. The van der Waals surface area contributed by atoms with Crippen LogP contribution in [0.15, 0.2) is 47.4 Å². The standard InChI is InChI=1S/C19H20ClFN2O2S/c1-3-4-18(24)22-13-5-8-15(9-6-13)26-12(2)19(25)23-14-7-10-17(21)16(20)11-14/h5-12H,3-4H2,1-2H3,(H,22,24)(H,23,25). The highest BCUT2D eigenvalue weighted by atomic mass is 35.5. The summed E-state index contributed by atoms with van der Waals surface area (Å²) in [4.78, 5) is 24.8. The summed E-state index contributed by atoms with van der Waals surface area (Å²) in [5.41, 5.74) is 1.17. The molecular weight excluding hydrogens is 375 g/mol. The van der Waals surface area contributed by atoms with Crippen LogP contribution in [0.3, 0.4) is 0 Å². The molecule has 0 spiro atoms. The van der Waals surface area contributed by atoms with Crippen LogP contribution in [0.2, 0.25) is 5.02 Å². The van der Waals surface area contributed by atoms with E-state index in [0.717, 1.165) is 17.0 Å². The fraction of sp³-hybridized carbons (Fsp3) is 0.263. The highest BCUT2D eigenvalue weighted by Gasteiger charge is 2.15. The van der Waals surface area contributed by atoms with Gasteiger partial charge in [0.05, 0.1) is 10.3 Å². The van der Waals surface area contributed by atoms with Crippen LogP contribution in [0, 0.1) is 5.82 Å². The van der Waals surface area contributed by atoms with Crippen molar-refractivity contribution in [2.75, 3.05) is 10.6 Å². The van der Waals surface area contributed by atoms with Crippen molar-refractivity contribution in [2.45, 2.75) is 36.8 Å². The Morgan fingerprint density at radius 2 is 1.77 bits per heavy atom. The third kappa shape index (κ3) is 6.04. The topological polar surface area (TPSA) is 58.2 Å². The second kappa shape index (κ2) is 9.59. The van der Waals surface area contributed by atoms with Crippen LogP contribution in [0.5, 0.6) is 0 Å². The minimum Gasteiger partial charge on any atom is -0.326 e. The molecule has 4 nitrogen and oxygen atoms in total. The molecule has 1 atom stereocenters. The lowest BCUT2D eigenvalue weighted by atomic mass is 10.3. The quantitative estimate of drug-likeness (QED) is 0.623. The van der Waals surface area contributed by atoms with Gasteiger partial charge in [0.25, 0.3) is 0 Å². The van der Waals surface area contributed by atoms with Gasteiger partial charge in [-0.15, -0.1) is 11.8 Å². The molecule has 2 aromatic rings. The maximum atomic E-state index is 13.2. The van der Waals surface area contributed by atoms with Crippen LogP contribution in [-0.4, -0.2) is 17.1 Å². The number of rotatable bonds is 7. The number of thioether (sulfide) groups is 1. The van der Waals surface area contributed by atoms with Gasteiger partial charge < -0.3 is 10.6 Å². The molecule has 0 aliphatic rings. The van der Waals surface area contributed by atoms with Gasteiger partial charge in [-0.25, -0.2) is 4.39 Å². The molecule has 138 valence electrons. The zero-order valence-electron chi connectivity index (χ0n) is 14.5. The molecule has 0 aliphatic heterocycles. The first-order valence-corrected chi connectivity index (χ1v) is 9.47. The molecule has 0 saturated heterocycles. The van der Waals surface area contributed by atoms with E-state index in [0.29, 0.717) is 12.1 Å². The molecule has 7 heteroatoms. The molecule has 26 heavy (non-hydrogen) atoms. The van der Waals surface area contributed by atoms with E-state index < -0.39 is 5.82 Å². The first-order chi connectivity index (χ1) is 12.4. The summed E-state index contributed by atoms with van der Waals surface area (Å²) in [7, 11) is 0. The van der Waals surface area contributed by atoms with Gasteiger partial charge in [-0.05, 0) is 55.8 Å². The van der Waals surface area contributed by atoms with Gasteiger partial charge in [-0.2, -0.15) is 0 Å². The maximum absolute atomic E-state index is 13.2. The predicted molar refractivity (Wildman–Crippen MR) is 105 cm³/mol. The van der Waals surface area contributed by atoms with Gasteiger partial charge in [0.2, 0.25) is 11.8 Å². The van der Waals surface area contributed by atoms with Crippen molar-refractivity contribution in [3.05, 3.63) is 53.3 Å². The number of nitrogens with one attached hydrogen (secondary N) is 2. The number of carbonyl (C=O) groups is 2. The molecule has 2 amide bonds. The second-order valence-corrected chi connectivity index (χ2v) is 7.52. The Labute approximate surface area is 161 Å². The minimum atomic E-state index is -0.529. The number of halogens is 2. The van der Waals surface area contributed by atoms with E-state index >= 15 is 0 Å². The lowest BCUT2D eigenvalue weighted by Crippen LogP contribution is -2.22. The molecule has 1 unspecified atom stereocenters. The van der Waals surface area contributed by atoms with Crippen molar-refractivity contribution in [1.29, 1.82) is 0 Å². The zero-order chi connectivity index (χ0) is 19.1. The first-order valence-electron chi connectivity index (χ1n) is 8.21. The Bertz CT molecular complexity index is 784. The van der Waals surface area contributed by atoms with Crippen molar-refractivity contribution in [3.63, 3.8) is 0 Å². The van der Waals surface area contributed by atoms with Crippen molar-refractivity contribution in [3.8, 4) is 0 Å². The number of benzene rings is 2. The van der Waals surface area contributed by atoms with Gasteiger partial charge in [-0.1, -0.05) is 18.5 Å². The third-order valence-electron chi connectivity index (χ3n) is 3.48. The molecule has 0 radical (unpaired) electrons. The Hall–Kier alpha value is -2.05. The largest absolute Gasteiger partial charge is 0.326 e. The molecule has 2 N–H and O–H groups in total. The molecule has 2 rings (SSSR count). The Morgan fingerprint density at radius 1 is 1.12 bits per heavy atom. The molecule has 0 heterocycles. The Kier molecular flexibility index (Phi) is 7.48. The SMILES string of the molecule is CCCC(=O)Nc1ccc(SC(C)C(=O)Nc2ccc(F)c(Cl)c2)cc1. The predicted octanol–water partition coefficient (Wildman–Crippen LogP) is 5.34. The van der Waals surface area contributed by atoms with Gasteiger partial charge >= 0.3 is 0 Å². The van der Waals surface area contributed by atoms with Crippen LogP contribution in [-0.2, 0) is 9.59 Å². The van der Waals surface area contributed by atoms with Crippen LogP contribution in [0.4, 0.5) is 15.8 Å². The fourth-order valence-corrected chi connectivity index (χ4v) is 3.19. The van der Waals surface area contributed by atoms with Crippen molar-refractivity contribution in [2.24, 2.45) is 0 Å². The Balaban J connectivity index is 1.91. The molecule has 2 aromatic carbocycles. The smallest absolute Gasteiger partial charge is 0.237 e. The highest BCUT2D eigenvalue weighted by Crippen LogP contribution is 2.26. The van der Waals surface area contributed by atoms with Gasteiger partial charge in [0.15, 0.2) is 0 Å². The fourth-order valence-electron chi connectivity index (χ4n) is 2.14. The van der Waals surface area contributed by atoms with E-state index in [1.54, 1.807) is 19.1 Å². The van der Waals surface area contributed by atoms with Gasteiger partial charge in [-0.3, -0.25) is 9.59 Å². The van der Waals surface area contributed by atoms with Gasteiger partial charge in [0, 0.05) is 22.7 Å². The van der Waals surface area contributed by atoms with Crippen LogP contribution in [0.25, 0.3) is 0 Å². The van der Waals surface area contributed by atoms with Crippen molar-refractivity contribution >= 4 is 46.6 Å². The monoisotopic (exact) mass is 394 g/mol. The second-order valence-electron chi connectivity index (χ2n) is 5.70. The Morgan fingerprint density at radius 3 is 2.38 bits per heavy atom. The van der Waals surface area contributed by atoms with E-state index in [2.05, 4.69) is 10.6 Å². The average molecular weight is 395 g/mol. The van der Waals surface area contributed by atoms with E-state index in [-0.39, 0.29) is 22.1 Å². The first kappa shape index (κ1) is 20.3. The van der Waals surface area contributed by atoms with Gasteiger partial charge in [0.1, 0.15) is 5.82 Å². The van der Waals surface area contributed by atoms with Crippen LogP contribution in [0.1, 0.15) is 26.7 Å². The average Bonchev–Trinajstić information content (AvgIpc) is 2.60. The summed E-state index contributed by atoms with van der Waals surface area (Å²) in [5, 5.41) is 5.13.